The minimum absolute atomic E-state index is 0.0301. The van der Waals surface area contributed by atoms with E-state index in [0.717, 1.165) is 47.3 Å². The van der Waals surface area contributed by atoms with Crippen molar-refractivity contribution < 1.29 is 19.1 Å². The van der Waals surface area contributed by atoms with Crippen molar-refractivity contribution in [3.63, 3.8) is 0 Å². The third-order valence-corrected chi connectivity index (χ3v) is 6.16. The van der Waals surface area contributed by atoms with Crippen molar-refractivity contribution in [2.75, 3.05) is 13.2 Å². The van der Waals surface area contributed by atoms with Gasteiger partial charge in [-0.2, -0.15) is 0 Å². The number of halogens is 1. The zero-order chi connectivity index (χ0) is 19.7. The molecule has 1 saturated heterocycles. The van der Waals surface area contributed by atoms with Gasteiger partial charge in [-0.3, -0.25) is 4.79 Å². The molecule has 1 aromatic rings. The highest BCUT2D eigenvalue weighted by Crippen LogP contribution is 2.44. The summed E-state index contributed by atoms with van der Waals surface area (Å²) in [5, 5.41) is 3.30. The van der Waals surface area contributed by atoms with Crippen molar-refractivity contribution in [1.29, 1.82) is 0 Å². The minimum Gasteiger partial charge on any atom is -0.460 e. The maximum absolute atomic E-state index is 13.1. The van der Waals surface area contributed by atoms with Crippen LogP contribution in [0.15, 0.2) is 51.8 Å². The van der Waals surface area contributed by atoms with Gasteiger partial charge in [-0.1, -0.05) is 34.1 Å². The molecule has 3 aliphatic rings. The third-order valence-electron chi connectivity index (χ3n) is 5.67. The topological polar surface area (TPSA) is 64.6 Å². The van der Waals surface area contributed by atoms with E-state index in [0.29, 0.717) is 12.0 Å². The van der Waals surface area contributed by atoms with Crippen LogP contribution in [-0.4, -0.2) is 31.1 Å². The van der Waals surface area contributed by atoms with Crippen LogP contribution in [0.2, 0.25) is 0 Å². The lowest BCUT2D eigenvalue weighted by Gasteiger charge is -2.38. The Labute approximate surface area is 173 Å². The van der Waals surface area contributed by atoms with Crippen molar-refractivity contribution in [3.8, 4) is 0 Å². The second-order valence-electron chi connectivity index (χ2n) is 7.57. The Hall–Kier alpha value is -1.92. The summed E-state index contributed by atoms with van der Waals surface area (Å²) < 4.78 is 12.1. The summed E-state index contributed by atoms with van der Waals surface area (Å²) in [5.74, 6) is -0.943. The first-order chi connectivity index (χ1) is 13.5. The second kappa shape index (κ2) is 8.21. The minimum atomic E-state index is -0.378. The number of ketones is 1. The van der Waals surface area contributed by atoms with Gasteiger partial charge in [0.2, 0.25) is 0 Å². The van der Waals surface area contributed by atoms with E-state index in [-0.39, 0.29) is 36.3 Å². The van der Waals surface area contributed by atoms with Crippen molar-refractivity contribution in [2.24, 2.45) is 5.92 Å². The van der Waals surface area contributed by atoms with Crippen LogP contribution >= 0.6 is 15.9 Å². The fraction of sp³-hybridized carbons (Fsp3) is 0.455. The highest BCUT2D eigenvalue weighted by atomic mass is 79.9. The van der Waals surface area contributed by atoms with E-state index in [1.807, 2.05) is 31.2 Å². The van der Waals surface area contributed by atoms with E-state index in [1.54, 1.807) is 0 Å². The Balaban J connectivity index is 1.70. The number of nitrogens with one attached hydrogen (secondary N) is 1. The van der Waals surface area contributed by atoms with Crippen molar-refractivity contribution in [2.45, 2.75) is 44.6 Å². The first-order valence-electron chi connectivity index (χ1n) is 9.79. The van der Waals surface area contributed by atoms with Crippen LogP contribution in [-0.2, 0) is 19.1 Å². The molecule has 2 heterocycles. The predicted molar refractivity (Wildman–Crippen MR) is 108 cm³/mol. The van der Waals surface area contributed by atoms with Crippen molar-refractivity contribution in [1.82, 2.24) is 5.32 Å². The summed E-state index contributed by atoms with van der Waals surface area (Å²) in [6.07, 6.45) is 5.18. The van der Waals surface area contributed by atoms with Crippen molar-refractivity contribution in [3.05, 3.63) is 57.3 Å². The molecule has 1 aliphatic carbocycles. The largest absolute Gasteiger partial charge is 0.460 e. The molecule has 148 valence electrons. The first kappa shape index (κ1) is 19.4. The SMILES string of the molecule is CC1=C(C(=O)OCC2CCCO2)C(c2cccc(Br)c2)C2C(=O)CCC=C2N1. The van der Waals surface area contributed by atoms with Gasteiger partial charge < -0.3 is 14.8 Å². The van der Waals surface area contributed by atoms with Crippen LogP contribution in [0.5, 0.6) is 0 Å². The van der Waals surface area contributed by atoms with Gasteiger partial charge in [0.1, 0.15) is 12.4 Å². The van der Waals surface area contributed by atoms with Crippen LogP contribution in [0.4, 0.5) is 0 Å². The molecule has 0 radical (unpaired) electrons. The number of benzene rings is 1. The maximum Gasteiger partial charge on any atom is 0.336 e. The van der Waals surface area contributed by atoms with Gasteiger partial charge in [0.15, 0.2) is 0 Å². The van der Waals surface area contributed by atoms with Gasteiger partial charge in [0.25, 0.3) is 0 Å². The molecular weight excluding hydrogens is 422 g/mol. The Morgan fingerprint density at radius 3 is 2.96 bits per heavy atom. The molecule has 0 bridgehead atoms. The van der Waals surface area contributed by atoms with Gasteiger partial charge in [-0.15, -0.1) is 0 Å². The molecule has 3 atom stereocenters. The number of carbonyl (C=O) groups is 2. The molecule has 1 N–H and O–H groups in total. The molecule has 1 fully saturated rings. The summed E-state index contributed by atoms with van der Waals surface area (Å²) in [6, 6.07) is 7.83. The highest BCUT2D eigenvalue weighted by Gasteiger charge is 2.43. The van der Waals surface area contributed by atoms with Gasteiger partial charge in [-0.25, -0.2) is 4.79 Å². The molecule has 0 spiro atoms. The number of rotatable bonds is 4. The summed E-state index contributed by atoms with van der Waals surface area (Å²) in [6.45, 7) is 2.85. The molecule has 0 aromatic heterocycles. The van der Waals surface area contributed by atoms with Gasteiger partial charge in [0.05, 0.1) is 17.6 Å². The Morgan fingerprint density at radius 2 is 2.21 bits per heavy atom. The van der Waals surface area contributed by atoms with Crippen LogP contribution in [0.25, 0.3) is 0 Å². The molecule has 0 amide bonds. The summed E-state index contributed by atoms with van der Waals surface area (Å²) in [5.41, 5.74) is 3.12. The average Bonchev–Trinajstić information content (AvgIpc) is 3.19. The number of esters is 1. The van der Waals surface area contributed by atoms with E-state index in [4.69, 9.17) is 9.47 Å². The standard InChI is InChI=1S/C22H24BrNO4/c1-13-19(22(26)28-12-16-7-4-10-27-16)20(14-5-2-6-15(23)11-14)21-17(24-13)8-3-9-18(21)25/h2,5-6,8,11,16,20-21,24H,3-4,7,9-10,12H2,1H3. The van der Waals surface area contributed by atoms with E-state index < -0.39 is 0 Å². The van der Waals surface area contributed by atoms with E-state index >= 15 is 0 Å². The second-order valence-corrected chi connectivity index (χ2v) is 8.49. The number of fused-ring (bicyclic) bond motifs is 1. The van der Waals surface area contributed by atoms with Gasteiger partial charge in [0, 0.05) is 34.8 Å². The lowest BCUT2D eigenvalue weighted by molar-refractivity contribution is -0.143. The highest BCUT2D eigenvalue weighted by molar-refractivity contribution is 9.10. The molecule has 4 rings (SSSR count). The zero-order valence-corrected chi connectivity index (χ0v) is 17.5. The maximum atomic E-state index is 13.1. The predicted octanol–water partition coefficient (Wildman–Crippen LogP) is 4.00. The monoisotopic (exact) mass is 445 g/mol. The van der Waals surface area contributed by atoms with Crippen LogP contribution in [0.1, 0.15) is 44.1 Å². The molecule has 3 unspecified atom stereocenters. The fourth-order valence-corrected chi connectivity index (χ4v) is 4.78. The Kier molecular flexibility index (Phi) is 5.69. The third kappa shape index (κ3) is 3.80. The number of ether oxygens (including phenoxy) is 2. The first-order valence-corrected chi connectivity index (χ1v) is 10.6. The molecule has 6 heteroatoms. The van der Waals surface area contributed by atoms with E-state index in [1.165, 1.54) is 0 Å². The van der Waals surface area contributed by atoms with Gasteiger partial charge >= 0.3 is 5.97 Å². The Bertz CT molecular complexity index is 854. The smallest absolute Gasteiger partial charge is 0.336 e. The van der Waals surface area contributed by atoms with Crippen molar-refractivity contribution >= 4 is 27.7 Å². The number of allylic oxidation sites excluding steroid dienone is 3. The lowest BCUT2D eigenvalue weighted by Crippen LogP contribution is -2.41. The number of Topliss-reactive ketones (excluding diaryl/α,β-unsaturated/α-hetero) is 1. The number of carbonyl (C=O) groups excluding carboxylic acids is 2. The molecule has 28 heavy (non-hydrogen) atoms. The summed E-state index contributed by atoms with van der Waals surface area (Å²) in [7, 11) is 0. The van der Waals surface area contributed by atoms with Crippen LogP contribution in [0.3, 0.4) is 0 Å². The normalized spacial score (nSPS) is 27.1. The zero-order valence-electron chi connectivity index (χ0n) is 15.9. The molecule has 5 nitrogen and oxygen atoms in total. The quantitative estimate of drug-likeness (QED) is 0.709. The van der Waals surface area contributed by atoms with Crippen LogP contribution < -0.4 is 5.32 Å². The van der Waals surface area contributed by atoms with Gasteiger partial charge in [-0.05, 0) is 43.9 Å². The lowest BCUT2D eigenvalue weighted by atomic mass is 9.71. The van der Waals surface area contributed by atoms with E-state index in [2.05, 4.69) is 27.3 Å². The summed E-state index contributed by atoms with van der Waals surface area (Å²) in [4.78, 5) is 25.9. The van der Waals surface area contributed by atoms with Crippen LogP contribution in [0, 0.1) is 5.92 Å². The molecule has 1 aromatic carbocycles. The average molecular weight is 446 g/mol. The molecular formula is C22H24BrNO4. The Morgan fingerprint density at radius 1 is 1.36 bits per heavy atom. The molecule has 0 saturated carbocycles. The number of hydrogen-bond donors (Lipinski definition) is 1. The fourth-order valence-electron chi connectivity index (χ4n) is 4.37. The summed E-state index contributed by atoms with van der Waals surface area (Å²) >= 11 is 3.52. The molecule has 2 aliphatic heterocycles. The number of hydrogen-bond acceptors (Lipinski definition) is 5. The van der Waals surface area contributed by atoms with E-state index in [9.17, 15) is 9.59 Å².